The molecule has 4 aromatic rings. The van der Waals surface area contributed by atoms with E-state index in [-0.39, 0.29) is 10.6 Å². The largest absolute Gasteiger partial charge is 0.369 e. The lowest BCUT2D eigenvalue weighted by molar-refractivity contribution is 0.235. The second kappa shape index (κ2) is 10.5. The molecule has 37 heavy (non-hydrogen) atoms. The van der Waals surface area contributed by atoms with E-state index in [1.807, 2.05) is 35.9 Å². The lowest BCUT2D eigenvalue weighted by atomic mass is 10.0. The molecule has 0 amide bonds. The van der Waals surface area contributed by atoms with Gasteiger partial charge in [0.25, 0.3) is 5.56 Å². The number of aryl methyl sites for hydroxylation is 1. The van der Waals surface area contributed by atoms with Gasteiger partial charge < -0.3 is 10.2 Å². The van der Waals surface area contributed by atoms with Crippen LogP contribution in [0.3, 0.4) is 0 Å². The van der Waals surface area contributed by atoms with Gasteiger partial charge in [-0.05, 0) is 55.9 Å². The number of anilines is 1. The second-order valence-electron chi connectivity index (χ2n) is 9.37. The Balaban J connectivity index is 1.66. The quantitative estimate of drug-likeness (QED) is 0.360. The molecule has 1 aliphatic rings. The fraction of sp³-hybridized carbons (Fsp3) is 0.321. The van der Waals surface area contributed by atoms with Crippen molar-refractivity contribution in [2.75, 3.05) is 31.5 Å². The molecule has 7 nitrogen and oxygen atoms in total. The Kier molecular flexibility index (Phi) is 7.13. The summed E-state index contributed by atoms with van der Waals surface area (Å²) < 4.78 is 17.3. The summed E-state index contributed by atoms with van der Waals surface area (Å²) in [4.78, 5) is 15.2. The van der Waals surface area contributed by atoms with Gasteiger partial charge in [0.2, 0.25) is 0 Å². The zero-order chi connectivity index (χ0) is 26.1. The highest BCUT2D eigenvalue weighted by Gasteiger charge is 2.29. The van der Waals surface area contributed by atoms with Gasteiger partial charge in [0.1, 0.15) is 17.3 Å². The molecule has 1 unspecified atom stereocenters. The Morgan fingerprint density at radius 3 is 2.62 bits per heavy atom. The Morgan fingerprint density at radius 2 is 1.89 bits per heavy atom. The molecule has 0 radical (unpaired) electrons. The summed E-state index contributed by atoms with van der Waals surface area (Å²) in [7, 11) is 0. The molecule has 9 heteroatoms. The Labute approximate surface area is 220 Å². The van der Waals surface area contributed by atoms with Gasteiger partial charge in [-0.15, -0.1) is 0 Å². The molecule has 1 N–H and O–H groups in total. The predicted octanol–water partition coefficient (Wildman–Crippen LogP) is 5.25. The summed E-state index contributed by atoms with van der Waals surface area (Å²) in [6.45, 7) is 10.7. The number of aromatic nitrogens is 4. The number of benzene rings is 2. The minimum atomic E-state index is -0.414. The average Bonchev–Trinajstić information content (AvgIpc) is 3.26. The molecule has 192 valence electrons. The first-order chi connectivity index (χ1) is 17.9. The van der Waals surface area contributed by atoms with Gasteiger partial charge in [0.05, 0.1) is 22.0 Å². The van der Waals surface area contributed by atoms with Crippen LogP contribution in [0.2, 0.25) is 5.02 Å². The number of halogens is 2. The van der Waals surface area contributed by atoms with Crippen LogP contribution in [-0.4, -0.2) is 50.6 Å². The number of hydrogen-bond acceptors (Lipinski definition) is 5. The summed E-state index contributed by atoms with van der Waals surface area (Å²) in [5.74, 6) is 0.766. The summed E-state index contributed by atoms with van der Waals surface area (Å²) >= 11 is 6.50. The maximum atomic E-state index is 13.9. The number of nitrogens with zero attached hydrogens (tertiary/aromatic N) is 5. The molecule has 1 atom stereocenters. The lowest BCUT2D eigenvalue weighted by Crippen LogP contribution is -2.37. The normalized spacial score (nSPS) is 15.0. The van der Waals surface area contributed by atoms with E-state index < -0.39 is 5.82 Å². The van der Waals surface area contributed by atoms with Crippen LogP contribution in [0.4, 0.5) is 10.2 Å². The SMILES string of the molecule is CCN(CC)CC1CNc2c(-c3ccc(=O)n(-c4ccccc4C)n3)c(-c3ccc(F)cc3Cl)nn2C1. The van der Waals surface area contributed by atoms with Gasteiger partial charge in [-0.3, -0.25) is 4.79 Å². The molecule has 0 fully saturated rings. The van der Waals surface area contributed by atoms with Crippen molar-refractivity contribution in [1.82, 2.24) is 24.5 Å². The van der Waals surface area contributed by atoms with Crippen LogP contribution in [0, 0.1) is 18.7 Å². The summed E-state index contributed by atoms with van der Waals surface area (Å²) in [6, 6.07) is 15.1. The molecule has 2 aromatic carbocycles. The van der Waals surface area contributed by atoms with Crippen molar-refractivity contribution in [3.63, 3.8) is 0 Å². The van der Waals surface area contributed by atoms with Gasteiger partial charge in [0.15, 0.2) is 0 Å². The van der Waals surface area contributed by atoms with Crippen LogP contribution in [0.1, 0.15) is 19.4 Å². The molecule has 0 aliphatic carbocycles. The van der Waals surface area contributed by atoms with E-state index in [1.165, 1.54) is 22.9 Å². The number of rotatable bonds is 7. The fourth-order valence-corrected chi connectivity index (χ4v) is 5.18. The van der Waals surface area contributed by atoms with Crippen molar-refractivity contribution < 1.29 is 4.39 Å². The highest BCUT2D eigenvalue weighted by molar-refractivity contribution is 6.33. The highest BCUT2D eigenvalue weighted by Crippen LogP contribution is 2.41. The van der Waals surface area contributed by atoms with Crippen LogP contribution >= 0.6 is 11.6 Å². The molecule has 5 rings (SSSR count). The van der Waals surface area contributed by atoms with Crippen molar-refractivity contribution >= 4 is 17.4 Å². The van der Waals surface area contributed by atoms with Crippen molar-refractivity contribution in [1.29, 1.82) is 0 Å². The predicted molar refractivity (Wildman–Crippen MR) is 146 cm³/mol. The smallest absolute Gasteiger partial charge is 0.271 e. The lowest BCUT2D eigenvalue weighted by Gasteiger charge is -2.30. The maximum absolute atomic E-state index is 13.9. The molecule has 0 saturated carbocycles. The van der Waals surface area contributed by atoms with Gasteiger partial charge in [-0.2, -0.15) is 14.9 Å². The summed E-state index contributed by atoms with van der Waals surface area (Å²) in [6.07, 6.45) is 0. The molecule has 1 aliphatic heterocycles. The molecule has 0 bridgehead atoms. The minimum absolute atomic E-state index is 0.229. The van der Waals surface area contributed by atoms with Crippen LogP contribution in [-0.2, 0) is 6.54 Å². The first kappa shape index (κ1) is 25.2. The van der Waals surface area contributed by atoms with Gasteiger partial charge in [-0.1, -0.05) is 43.6 Å². The molecule has 2 aromatic heterocycles. The van der Waals surface area contributed by atoms with E-state index in [0.29, 0.717) is 28.6 Å². The van der Waals surface area contributed by atoms with Crippen molar-refractivity contribution in [2.45, 2.75) is 27.3 Å². The third kappa shape index (κ3) is 4.91. The second-order valence-corrected chi connectivity index (χ2v) is 9.77. The average molecular weight is 521 g/mol. The number of nitrogens with one attached hydrogen (secondary N) is 1. The third-order valence-corrected chi connectivity index (χ3v) is 7.25. The van der Waals surface area contributed by atoms with E-state index in [9.17, 15) is 9.18 Å². The van der Waals surface area contributed by atoms with Crippen molar-refractivity contribution in [3.05, 3.63) is 81.4 Å². The Bertz CT molecular complexity index is 1490. The van der Waals surface area contributed by atoms with Gasteiger partial charge in [-0.25, -0.2) is 9.07 Å². The minimum Gasteiger partial charge on any atom is -0.369 e. The molecular weight excluding hydrogens is 491 g/mol. The van der Waals surface area contributed by atoms with E-state index in [1.54, 1.807) is 12.1 Å². The van der Waals surface area contributed by atoms with Crippen molar-refractivity contribution in [2.24, 2.45) is 5.92 Å². The van der Waals surface area contributed by atoms with E-state index >= 15 is 0 Å². The zero-order valence-electron chi connectivity index (χ0n) is 21.2. The van der Waals surface area contributed by atoms with Crippen LogP contribution < -0.4 is 10.9 Å². The van der Waals surface area contributed by atoms with Crippen LogP contribution in [0.25, 0.3) is 28.2 Å². The standard InChI is InChI=1S/C28H30ClFN6O/c1-4-34(5-2)16-19-15-31-28-26(27(33-35(28)17-19)21-11-10-20(30)14-22(21)29)23-12-13-25(37)36(32-23)24-9-7-6-8-18(24)3/h6-14,19,31H,4-5,15-17H2,1-3H3. The monoisotopic (exact) mass is 520 g/mol. The topological polar surface area (TPSA) is 68.0 Å². The molecule has 0 saturated heterocycles. The Hall–Kier alpha value is -3.49. The maximum Gasteiger partial charge on any atom is 0.271 e. The Morgan fingerprint density at radius 1 is 1.11 bits per heavy atom. The first-order valence-corrected chi connectivity index (χ1v) is 13.0. The number of fused-ring (bicyclic) bond motifs is 1. The number of hydrogen-bond donors (Lipinski definition) is 1. The van der Waals surface area contributed by atoms with Crippen molar-refractivity contribution in [3.8, 4) is 28.2 Å². The third-order valence-electron chi connectivity index (χ3n) is 6.94. The van der Waals surface area contributed by atoms with Gasteiger partial charge >= 0.3 is 0 Å². The van der Waals surface area contributed by atoms with Crippen LogP contribution in [0.5, 0.6) is 0 Å². The highest BCUT2D eigenvalue weighted by atomic mass is 35.5. The van der Waals surface area contributed by atoms with Crippen LogP contribution in [0.15, 0.2) is 59.4 Å². The zero-order valence-corrected chi connectivity index (χ0v) is 22.0. The molecular formula is C28H30ClFN6O. The first-order valence-electron chi connectivity index (χ1n) is 12.6. The van der Waals surface area contributed by atoms with E-state index in [4.69, 9.17) is 21.8 Å². The van der Waals surface area contributed by atoms with Gasteiger partial charge in [0, 0.05) is 37.2 Å². The molecule has 0 spiro atoms. The van der Waals surface area contributed by atoms with E-state index in [2.05, 4.69) is 24.1 Å². The summed E-state index contributed by atoms with van der Waals surface area (Å²) in [5, 5.41) is 13.5. The molecule has 3 heterocycles. The number of para-hydroxylation sites is 1. The van der Waals surface area contributed by atoms with E-state index in [0.717, 1.165) is 49.7 Å². The summed E-state index contributed by atoms with van der Waals surface area (Å²) in [5.41, 5.74) is 3.93. The fourth-order valence-electron chi connectivity index (χ4n) is 4.92.